The van der Waals surface area contributed by atoms with Gasteiger partial charge in [0.1, 0.15) is 0 Å². The van der Waals surface area contributed by atoms with Gasteiger partial charge in [-0.05, 0) is 6.42 Å². The average molecular weight is 166 g/mol. The van der Waals surface area contributed by atoms with E-state index < -0.39 is 0 Å². The first kappa shape index (κ1) is 8.77. The first-order chi connectivity index (χ1) is 5.74. The van der Waals surface area contributed by atoms with Crippen LogP contribution >= 0.6 is 0 Å². The number of imidazole rings is 1. The van der Waals surface area contributed by atoms with Crippen molar-refractivity contribution in [1.82, 2.24) is 9.55 Å². The lowest BCUT2D eigenvalue weighted by molar-refractivity contribution is -0.118. The third-order valence-corrected chi connectivity index (χ3v) is 1.72. The first-order valence-electron chi connectivity index (χ1n) is 3.79. The standard InChI is InChI=1S/C8H12N3O/c1-2-7(5-8(9)12)11-4-3-10-6-11/h3-4,6-7H,1-2,5H2,(H2,9,12). The molecule has 0 fully saturated rings. The number of hydrogen-bond donors (Lipinski definition) is 1. The summed E-state index contributed by atoms with van der Waals surface area (Å²) in [4.78, 5) is 14.5. The summed E-state index contributed by atoms with van der Waals surface area (Å²) in [6.45, 7) is 3.74. The molecule has 1 unspecified atom stereocenters. The largest absolute Gasteiger partial charge is 0.370 e. The number of nitrogens with zero attached hydrogens (tertiary/aromatic N) is 2. The lowest BCUT2D eigenvalue weighted by Crippen LogP contribution is -2.18. The SMILES string of the molecule is [CH2]CC(CC(N)=O)n1ccnc1. The van der Waals surface area contributed by atoms with Gasteiger partial charge in [0.05, 0.1) is 6.33 Å². The highest BCUT2D eigenvalue weighted by atomic mass is 16.1. The summed E-state index contributed by atoms with van der Waals surface area (Å²) in [5.74, 6) is -0.308. The van der Waals surface area contributed by atoms with Gasteiger partial charge in [-0.2, -0.15) is 0 Å². The van der Waals surface area contributed by atoms with Gasteiger partial charge in [-0.3, -0.25) is 4.79 Å². The molecule has 1 heterocycles. The summed E-state index contributed by atoms with van der Waals surface area (Å²) in [5.41, 5.74) is 5.07. The highest BCUT2D eigenvalue weighted by Gasteiger charge is 2.10. The monoisotopic (exact) mass is 166 g/mol. The van der Waals surface area contributed by atoms with E-state index in [1.807, 2.05) is 4.57 Å². The van der Waals surface area contributed by atoms with Gasteiger partial charge < -0.3 is 10.3 Å². The lowest BCUT2D eigenvalue weighted by Gasteiger charge is -2.13. The molecule has 1 amide bonds. The van der Waals surface area contributed by atoms with E-state index in [1.54, 1.807) is 18.7 Å². The second-order valence-corrected chi connectivity index (χ2v) is 2.62. The zero-order chi connectivity index (χ0) is 8.97. The van der Waals surface area contributed by atoms with E-state index in [9.17, 15) is 4.79 Å². The molecule has 12 heavy (non-hydrogen) atoms. The minimum Gasteiger partial charge on any atom is -0.370 e. The van der Waals surface area contributed by atoms with Crippen molar-refractivity contribution in [2.75, 3.05) is 0 Å². The maximum absolute atomic E-state index is 10.6. The molecule has 1 atom stereocenters. The molecule has 1 radical (unpaired) electrons. The summed E-state index contributed by atoms with van der Waals surface area (Å²) in [5, 5.41) is 0. The number of hydrogen-bond acceptors (Lipinski definition) is 2. The van der Waals surface area contributed by atoms with Crippen LogP contribution in [0.3, 0.4) is 0 Å². The normalized spacial score (nSPS) is 12.8. The Morgan fingerprint density at radius 2 is 2.50 bits per heavy atom. The van der Waals surface area contributed by atoms with Gasteiger partial charge in [-0.15, -0.1) is 0 Å². The molecule has 0 aliphatic heterocycles. The van der Waals surface area contributed by atoms with E-state index in [-0.39, 0.29) is 11.9 Å². The number of carbonyl (C=O) groups excluding carboxylic acids is 1. The molecule has 4 nitrogen and oxygen atoms in total. The fourth-order valence-corrected chi connectivity index (χ4v) is 1.07. The lowest BCUT2D eigenvalue weighted by atomic mass is 10.1. The van der Waals surface area contributed by atoms with Gasteiger partial charge >= 0.3 is 0 Å². The Kier molecular flexibility index (Phi) is 2.85. The number of nitrogens with two attached hydrogens (primary N) is 1. The second-order valence-electron chi connectivity index (χ2n) is 2.62. The van der Waals surface area contributed by atoms with E-state index in [4.69, 9.17) is 5.73 Å². The summed E-state index contributed by atoms with van der Waals surface area (Å²) >= 11 is 0. The molecule has 0 saturated heterocycles. The first-order valence-corrected chi connectivity index (χ1v) is 3.79. The van der Waals surface area contributed by atoms with Gasteiger partial charge in [0, 0.05) is 24.9 Å². The van der Waals surface area contributed by atoms with Crippen molar-refractivity contribution in [2.45, 2.75) is 18.9 Å². The van der Waals surface area contributed by atoms with Gasteiger partial charge in [0.2, 0.25) is 5.91 Å². The minimum absolute atomic E-state index is 0.0463. The van der Waals surface area contributed by atoms with Crippen LogP contribution in [0.25, 0.3) is 0 Å². The summed E-state index contributed by atoms with van der Waals surface area (Å²) in [6.07, 6.45) is 6.10. The Labute approximate surface area is 71.4 Å². The molecule has 1 rings (SSSR count). The van der Waals surface area contributed by atoms with Gasteiger partial charge in [0.25, 0.3) is 0 Å². The fourth-order valence-electron chi connectivity index (χ4n) is 1.07. The fraction of sp³-hybridized carbons (Fsp3) is 0.375. The summed E-state index contributed by atoms with van der Waals surface area (Å²) < 4.78 is 1.84. The Morgan fingerprint density at radius 1 is 1.75 bits per heavy atom. The molecular weight excluding hydrogens is 154 g/mol. The van der Waals surface area contributed by atoms with E-state index in [1.165, 1.54) is 0 Å². The van der Waals surface area contributed by atoms with Crippen LogP contribution in [0.2, 0.25) is 0 Å². The van der Waals surface area contributed by atoms with Crippen LogP contribution in [0.15, 0.2) is 18.7 Å². The maximum Gasteiger partial charge on any atom is 0.219 e. The van der Waals surface area contributed by atoms with Crippen molar-refractivity contribution in [1.29, 1.82) is 0 Å². The summed E-state index contributed by atoms with van der Waals surface area (Å²) in [7, 11) is 0. The van der Waals surface area contributed by atoms with Crippen molar-refractivity contribution in [2.24, 2.45) is 5.73 Å². The Morgan fingerprint density at radius 3 is 2.92 bits per heavy atom. The molecule has 2 N–H and O–H groups in total. The minimum atomic E-state index is -0.308. The van der Waals surface area contributed by atoms with E-state index in [2.05, 4.69) is 11.9 Å². The van der Waals surface area contributed by atoms with Crippen LogP contribution in [0.5, 0.6) is 0 Å². The van der Waals surface area contributed by atoms with Crippen molar-refractivity contribution in [3.05, 3.63) is 25.6 Å². The molecule has 65 valence electrons. The van der Waals surface area contributed by atoms with E-state index in [0.29, 0.717) is 12.8 Å². The zero-order valence-electron chi connectivity index (χ0n) is 6.81. The number of aromatic nitrogens is 2. The van der Waals surface area contributed by atoms with Crippen molar-refractivity contribution < 1.29 is 4.79 Å². The molecule has 0 bridgehead atoms. The number of amides is 1. The smallest absolute Gasteiger partial charge is 0.219 e. The molecule has 0 saturated carbocycles. The van der Waals surface area contributed by atoms with Gasteiger partial charge in [-0.1, -0.05) is 6.92 Å². The Balaban J connectivity index is 2.63. The third-order valence-electron chi connectivity index (χ3n) is 1.72. The molecule has 0 aromatic carbocycles. The predicted molar refractivity (Wildman–Crippen MR) is 45.0 cm³/mol. The zero-order valence-corrected chi connectivity index (χ0v) is 6.81. The number of rotatable bonds is 4. The molecule has 0 aliphatic rings. The number of carbonyl (C=O) groups is 1. The quantitative estimate of drug-likeness (QED) is 0.709. The highest BCUT2D eigenvalue weighted by molar-refractivity contribution is 5.74. The van der Waals surface area contributed by atoms with Crippen molar-refractivity contribution >= 4 is 5.91 Å². The Hall–Kier alpha value is -1.32. The van der Waals surface area contributed by atoms with Crippen LogP contribution in [-0.4, -0.2) is 15.5 Å². The third kappa shape index (κ3) is 2.08. The topological polar surface area (TPSA) is 60.9 Å². The van der Waals surface area contributed by atoms with Gasteiger partial charge in [0.15, 0.2) is 0 Å². The summed E-state index contributed by atoms with van der Waals surface area (Å²) in [6, 6.07) is 0.0463. The molecule has 1 aromatic rings. The Bertz CT molecular complexity index is 243. The van der Waals surface area contributed by atoms with Crippen LogP contribution in [0, 0.1) is 6.92 Å². The van der Waals surface area contributed by atoms with Crippen molar-refractivity contribution in [3.8, 4) is 0 Å². The highest BCUT2D eigenvalue weighted by Crippen LogP contribution is 2.13. The molecule has 0 aliphatic carbocycles. The van der Waals surface area contributed by atoms with E-state index >= 15 is 0 Å². The van der Waals surface area contributed by atoms with Crippen LogP contribution in [0.1, 0.15) is 18.9 Å². The predicted octanol–water partition coefficient (Wildman–Crippen LogP) is 0.524. The second kappa shape index (κ2) is 3.90. The van der Waals surface area contributed by atoms with Gasteiger partial charge in [-0.25, -0.2) is 4.98 Å². The molecule has 4 heteroatoms. The van der Waals surface area contributed by atoms with Crippen LogP contribution < -0.4 is 5.73 Å². The maximum atomic E-state index is 10.6. The van der Waals surface area contributed by atoms with Crippen LogP contribution in [0.4, 0.5) is 0 Å². The van der Waals surface area contributed by atoms with Crippen LogP contribution in [-0.2, 0) is 4.79 Å². The van der Waals surface area contributed by atoms with Crippen molar-refractivity contribution in [3.63, 3.8) is 0 Å². The average Bonchev–Trinajstić information content (AvgIpc) is 2.51. The molecular formula is C8H12N3O. The molecule has 1 aromatic heterocycles. The number of primary amides is 1. The molecule has 0 spiro atoms. The van der Waals surface area contributed by atoms with E-state index in [0.717, 1.165) is 0 Å².